The van der Waals surface area contributed by atoms with Gasteiger partial charge in [0.05, 0.1) is 0 Å². The highest BCUT2D eigenvalue weighted by molar-refractivity contribution is 5.96. The Morgan fingerprint density at radius 1 is 0.907 bits per heavy atom. The highest BCUT2D eigenvalue weighted by Gasteiger charge is 2.40. The fourth-order valence-electron chi connectivity index (χ4n) is 6.17. The molecule has 0 unspecified atom stereocenters. The van der Waals surface area contributed by atoms with Crippen molar-refractivity contribution in [3.8, 4) is 5.75 Å². The van der Waals surface area contributed by atoms with E-state index in [9.17, 15) is 39.0 Å². The molecule has 302 valence electrons. The Kier molecular flexibility index (Phi) is 18.2. The smallest absolute Gasteiger partial charge is 0.326 e. The number of phenols is 1. The molecule has 0 radical (unpaired) electrons. The molecule has 0 saturated carbocycles. The Morgan fingerprint density at radius 2 is 1.57 bits per heavy atom. The Bertz CT molecular complexity index is 1460. The summed E-state index contributed by atoms with van der Waals surface area (Å²) in [6.45, 7) is 9.72. The Labute approximate surface area is 317 Å². The normalized spacial score (nSPS) is 16.4. The van der Waals surface area contributed by atoms with E-state index in [4.69, 9.17) is 17.2 Å². The number of rotatable bonds is 21. The van der Waals surface area contributed by atoms with Gasteiger partial charge in [0.2, 0.25) is 29.5 Å². The SMILES string of the molecule is CC(C)C[C@H](NC(=O)[C@@H](NC(=O)[C@H](Cc1ccc(O)cc1)NC(=O)[C@@H]1CCCN1C(=O)[C@H](CCCN=C(N)N)NC(=O)CCCCN)C(C)(C)C)C(=O)O. The van der Waals surface area contributed by atoms with E-state index in [0.717, 1.165) is 0 Å². The first-order chi connectivity index (χ1) is 25.3. The molecular weight excluding hydrogens is 698 g/mol. The summed E-state index contributed by atoms with van der Waals surface area (Å²) in [5.41, 5.74) is 16.2. The van der Waals surface area contributed by atoms with E-state index in [0.29, 0.717) is 44.2 Å². The maximum absolute atomic E-state index is 14.0. The minimum atomic E-state index is -1.24. The first-order valence-corrected chi connectivity index (χ1v) is 18.6. The number of hydrogen-bond acceptors (Lipinski definition) is 9. The third-order valence-electron chi connectivity index (χ3n) is 9.02. The van der Waals surface area contributed by atoms with E-state index in [1.54, 1.807) is 32.9 Å². The second kappa shape index (κ2) is 21.7. The van der Waals surface area contributed by atoms with Gasteiger partial charge >= 0.3 is 5.97 Å². The van der Waals surface area contributed by atoms with Gasteiger partial charge < -0.3 is 53.6 Å². The van der Waals surface area contributed by atoms with E-state index in [1.807, 2.05) is 13.8 Å². The lowest BCUT2D eigenvalue weighted by Gasteiger charge is -2.33. The minimum Gasteiger partial charge on any atom is -0.508 e. The molecule has 1 aliphatic rings. The van der Waals surface area contributed by atoms with Crippen LogP contribution in [0.25, 0.3) is 0 Å². The Hall–Kier alpha value is -4.93. The van der Waals surface area contributed by atoms with Gasteiger partial charge in [0, 0.05) is 25.9 Å². The lowest BCUT2D eigenvalue weighted by Crippen LogP contribution is -2.61. The molecule has 0 aliphatic carbocycles. The summed E-state index contributed by atoms with van der Waals surface area (Å²) < 4.78 is 0. The van der Waals surface area contributed by atoms with Crippen LogP contribution in [0.15, 0.2) is 29.3 Å². The number of carbonyl (C=O) groups excluding carboxylic acids is 5. The number of aliphatic imine (C=N–C) groups is 1. The Morgan fingerprint density at radius 3 is 2.15 bits per heavy atom. The molecule has 12 N–H and O–H groups in total. The maximum Gasteiger partial charge on any atom is 0.326 e. The highest BCUT2D eigenvalue weighted by atomic mass is 16.4. The number of nitrogens with two attached hydrogens (primary N) is 3. The van der Waals surface area contributed by atoms with Gasteiger partial charge in [-0.3, -0.25) is 29.0 Å². The first kappa shape index (κ1) is 45.2. The van der Waals surface area contributed by atoms with Gasteiger partial charge in [0.25, 0.3) is 0 Å². The van der Waals surface area contributed by atoms with Gasteiger partial charge in [0.1, 0.15) is 36.0 Å². The standard InChI is InChI=1S/C37H61N9O8/c1-22(2)20-27(35(53)54)44-33(51)30(37(3,4)5)45-31(49)26(21-23-13-15-24(47)16-14-23)43-32(50)28-11-9-19-46(28)34(52)25(10-8-18-41-36(39)40)42-29(48)12-6-7-17-38/h13-16,22,25-28,30,47H,6-12,17-21,38H2,1-5H3,(H,42,48)(H,43,50)(H,44,51)(H,45,49)(H,53,54)(H4,39,40,41)/t25-,26-,27-,28-,30+/m0/s1. The van der Waals surface area contributed by atoms with Gasteiger partial charge in [-0.05, 0) is 80.5 Å². The maximum atomic E-state index is 14.0. The second-order valence-electron chi connectivity index (χ2n) is 15.3. The molecule has 1 aliphatic heterocycles. The van der Waals surface area contributed by atoms with Gasteiger partial charge in [-0.1, -0.05) is 46.8 Å². The molecule has 0 spiro atoms. The fraction of sp³-hybridized carbons (Fsp3) is 0.649. The number of likely N-dealkylation sites (tertiary alicyclic amines) is 1. The van der Waals surface area contributed by atoms with Crippen molar-refractivity contribution in [1.82, 2.24) is 26.2 Å². The number of carboxylic acid groups (broad SMARTS) is 1. The number of carboxylic acids is 1. The summed E-state index contributed by atoms with van der Waals surface area (Å²) in [5.74, 6) is -4.12. The van der Waals surface area contributed by atoms with Crippen LogP contribution in [0.2, 0.25) is 0 Å². The average molecular weight is 760 g/mol. The van der Waals surface area contributed by atoms with Gasteiger partial charge in [-0.25, -0.2) is 4.79 Å². The van der Waals surface area contributed by atoms with Crippen LogP contribution in [-0.2, 0) is 35.2 Å². The number of unbranched alkanes of at least 4 members (excludes halogenated alkanes) is 1. The van der Waals surface area contributed by atoms with E-state index in [2.05, 4.69) is 26.3 Å². The molecule has 5 amide bonds. The van der Waals surface area contributed by atoms with E-state index >= 15 is 0 Å². The molecule has 0 aromatic heterocycles. The van der Waals surface area contributed by atoms with Crippen molar-refractivity contribution < 1.29 is 39.0 Å². The summed E-state index contributed by atoms with van der Waals surface area (Å²) in [7, 11) is 0. The van der Waals surface area contributed by atoms with Crippen LogP contribution >= 0.6 is 0 Å². The predicted molar refractivity (Wildman–Crippen MR) is 204 cm³/mol. The summed E-state index contributed by atoms with van der Waals surface area (Å²) in [6, 6.07) is 0.545. The van der Waals surface area contributed by atoms with Gasteiger partial charge in [0.15, 0.2) is 5.96 Å². The van der Waals surface area contributed by atoms with Gasteiger partial charge in [-0.2, -0.15) is 0 Å². The van der Waals surface area contributed by atoms with E-state index in [-0.39, 0.29) is 62.3 Å². The molecular formula is C37H61N9O8. The van der Waals surface area contributed by atoms with Crippen molar-refractivity contribution in [2.24, 2.45) is 33.5 Å². The predicted octanol–water partition coefficient (Wildman–Crippen LogP) is 0.224. The van der Waals surface area contributed by atoms with Crippen molar-refractivity contribution >= 4 is 41.5 Å². The highest BCUT2D eigenvalue weighted by Crippen LogP contribution is 2.23. The fourth-order valence-corrected chi connectivity index (χ4v) is 6.17. The zero-order valence-electron chi connectivity index (χ0n) is 32.2. The summed E-state index contributed by atoms with van der Waals surface area (Å²) in [5, 5.41) is 30.4. The van der Waals surface area contributed by atoms with Crippen molar-refractivity contribution in [1.29, 1.82) is 0 Å². The Balaban J connectivity index is 2.36. The number of phenolic OH excluding ortho intramolecular Hbond substituents is 1. The summed E-state index contributed by atoms with van der Waals surface area (Å²) in [6.07, 6.45) is 2.90. The first-order valence-electron chi connectivity index (χ1n) is 18.6. The third kappa shape index (κ3) is 15.2. The monoisotopic (exact) mass is 759 g/mol. The van der Waals surface area contributed by atoms with Crippen LogP contribution < -0.4 is 38.5 Å². The molecule has 1 fully saturated rings. The van der Waals surface area contributed by atoms with Crippen LogP contribution in [0.3, 0.4) is 0 Å². The van der Waals surface area contributed by atoms with Crippen LogP contribution in [0, 0.1) is 11.3 Å². The second-order valence-corrected chi connectivity index (χ2v) is 15.3. The number of nitrogens with one attached hydrogen (secondary N) is 4. The molecule has 5 atom stereocenters. The summed E-state index contributed by atoms with van der Waals surface area (Å²) >= 11 is 0. The number of carbonyl (C=O) groups is 6. The van der Waals surface area contributed by atoms with Gasteiger partial charge in [-0.15, -0.1) is 0 Å². The molecule has 17 nitrogen and oxygen atoms in total. The molecule has 0 bridgehead atoms. The van der Waals surface area contributed by atoms with Crippen molar-refractivity contribution in [2.75, 3.05) is 19.6 Å². The van der Waals surface area contributed by atoms with Crippen molar-refractivity contribution in [3.63, 3.8) is 0 Å². The number of hydrogen-bond donors (Lipinski definition) is 9. The van der Waals surface area contributed by atoms with E-state index in [1.165, 1.54) is 17.0 Å². The molecule has 1 aromatic rings. The largest absolute Gasteiger partial charge is 0.508 e. The average Bonchev–Trinajstić information content (AvgIpc) is 3.58. The van der Waals surface area contributed by atoms with Crippen molar-refractivity contribution in [3.05, 3.63) is 29.8 Å². The number of guanidine groups is 1. The molecule has 1 saturated heterocycles. The molecule has 17 heteroatoms. The lowest BCUT2D eigenvalue weighted by molar-refractivity contribution is -0.143. The minimum absolute atomic E-state index is 0.00192. The van der Waals surface area contributed by atoms with Crippen LogP contribution in [0.4, 0.5) is 0 Å². The molecule has 2 rings (SSSR count). The number of aromatic hydroxyl groups is 1. The number of aliphatic carboxylic acids is 1. The molecule has 1 aromatic carbocycles. The van der Waals surface area contributed by atoms with E-state index < -0.39 is 65.2 Å². The third-order valence-corrected chi connectivity index (χ3v) is 9.02. The summed E-state index contributed by atoms with van der Waals surface area (Å²) in [4.78, 5) is 85.6. The zero-order valence-corrected chi connectivity index (χ0v) is 32.2. The van der Waals surface area contributed by atoms with Crippen LogP contribution in [0.1, 0.15) is 91.5 Å². The zero-order chi connectivity index (χ0) is 40.6. The molecule has 1 heterocycles. The molecule has 54 heavy (non-hydrogen) atoms. The number of benzene rings is 1. The topological polar surface area (TPSA) is 285 Å². The number of nitrogens with zero attached hydrogens (tertiary/aromatic N) is 2. The van der Waals surface area contributed by atoms with Crippen molar-refractivity contribution in [2.45, 2.75) is 123 Å². The van der Waals surface area contributed by atoms with Crippen LogP contribution in [-0.4, -0.2) is 106 Å². The van der Waals surface area contributed by atoms with Crippen LogP contribution in [0.5, 0.6) is 5.75 Å². The lowest BCUT2D eigenvalue weighted by atomic mass is 9.85. The number of amides is 5. The quantitative estimate of drug-likeness (QED) is 0.0464.